The summed E-state index contributed by atoms with van der Waals surface area (Å²) in [5, 5.41) is 4.85. The van der Waals surface area contributed by atoms with Crippen LogP contribution in [0, 0.1) is 0 Å². The number of amides is 3. The first-order chi connectivity index (χ1) is 12.9. The van der Waals surface area contributed by atoms with Crippen LogP contribution in [0.3, 0.4) is 0 Å². The highest BCUT2D eigenvalue weighted by atomic mass is 16.5. The van der Waals surface area contributed by atoms with Crippen molar-refractivity contribution in [1.29, 1.82) is 0 Å². The Morgan fingerprint density at radius 1 is 1.07 bits per heavy atom. The summed E-state index contributed by atoms with van der Waals surface area (Å²) in [5.74, 6) is -1.96. The number of carbonyl (C=O) groups is 4. The maximum absolute atomic E-state index is 11.8. The molecule has 0 bridgehead atoms. The zero-order chi connectivity index (χ0) is 19.8. The van der Waals surface area contributed by atoms with Gasteiger partial charge in [0.2, 0.25) is 0 Å². The molecule has 0 unspecified atom stereocenters. The minimum Gasteiger partial charge on any atom is -0.459 e. The van der Waals surface area contributed by atoms with Crippen molar-refractivity contribution in [3.8, 4) is 0 Å². The molecule has 0 saturated carbocycles. The van der Waals surface area contributed by atoms with Crippen molar-refractivity contribution in [1.82, 2.24) is 10.2 Å². The molecule has 142 valence electrons. The van der Waals surface area contributed by atoms with E-state index in [0.717, 1.165) is 0 Å². The van der Waals surface area contributed by atoms with Gasteiger partial charge in [0.25, 0.3) is 17.7 Å². The van der Waals surface area contributed by atoms with Crippen molar-refractivity contribution < 1.29 is 28.3 Å². The van der Waals surface area contributed by atoms with E-state index in [0.29, 0.717) is 11.3 Å². The highest BCUT2D eigenvalue weighted by molar-refractivity contribution is 5.96. The van der Waals surface area contributed by atoms with E-state index in [9.17, 15) is 19.2 Å². The van der Waals surface area contributed by atoms with Crippen molar-refractivity contribution in [2.45, 2.75) is 0 Å². The van der Waals surface area contributed by atoms with Crippen LogP contribution in [0.1, 0.15) is 20.9 Å². The van der Waals surface area contributed by atoms with Crippen molar-refractivity contribution in [3.63, 3.8) is 0 Å². The van der Waals surface area contributed by atoms with Crippen molar-refractivity contribution in [2.24, 2.45) is 0 Å². The maximum Gasteiger partial charge on any atom is 0.325 e. The summed E-state index contributed by atoms with van der Waals surface area (Å²) in [6.07, 6.45) is 1.33. The summed E-state index contributed by atoms with van der Waals surface area (Å²) < 4.78 is 9.66. The quantitative estimate of drug-likeness (QED) is 0.696. The fourth-order valence-corrected chi connectivity index (χ4v) is 2.00. The Morgan fingerprint density at radius 2 is 1.78 bits per heavy atom. The second-order valence-electron chi connectivity index (χ2n) is 5.65. The Bertz CT molecular complexity index is 812. The molecule has 2 rings (SSSR count). The van der Waals surface area contributed by atoms with E-state index in [1.165, 1.54) is 17.2 Å². The van der Waals surface area contributed by atoms with Crippen molar-refractivity contribution in [3.05, 3.63) is 54.0 Å². The minimum atomic E-state index is -0.767. The molecule has 9 nitrogen and oxygen atoms in total. The fraction of sp³-hybridized carbons (Fsp3) is 0.222. The Balaban J connectivity index is 1.73. The number of esters is 1. The van der Waals surface area contributed by atoms with Crippen molar-refractivity contribution >= 4 is 29.4 Å². The maximum atomic E-state index is 11.8. The van der Waals surface area contributed by atoms with Gasteiger partial charge in [0, 0.05) is 25.3 Å². The molecule has 3 amide bonds. The largest absolute Gasteiger partial charge is 0.459 e. The first kappa shape index (κ1) is 19.7. The molecule has 0 aliphatic rings. The second-order valence-corrected chi connectivity index (χ2v) is 5.65. The summed E-state index contributed by atoms with van der Waals surface area (Å²) in [6.45, 7) is -0.901. The van der Waals surface area contributed by atoms with E-state index in [2.05, 4.69) is 10.6 Å². The number of rotatable bonds is 7. The van der Waals surface area contributed by atoms with E-state index in [-0.39, 0.29) is 11.7 Å². The second kappa shape index (κ2) is 9.18. The third kappa shape index (κ3) is 5.99. The van der Waals surface area contributed by atoms with Crippen LogP contribution < -0.4 is 10.6 Å². The van der Waals surface area contributed by atoms with Gasteiger partial charge in [-0.3, -0.25) is 19.2 Å². The van der Waals surface area contributed by atoms with Gasteiger partial charge in [-0.1, -0.05) is 0 Å². The molecule has 1 heterocycles. The molecule has 0 radical (unpaired) electrons. The van der Waals surface area contributed by atoms with E-state index in [1.54, 1.807) is 44.4 Å². The van der Waals surface area contributed by atoms with Gasteiger partial charge >= 0.3 is 5.97 Å². The van der Waals surface area contributed by atoms with Crippen LogP contribution in [0.5, 0.6) is 0 Å². The standard InChI is InChI=1S/C18H19N3O6/c1-21(2)18(25)12-5-7-13(8-6-12)20-15(22)11-27-16(23)10-19-17(24)14-4-3-9-26-14/h3-9H,10-11H2,1-2H3,(H,19,24)(H,20,22). The first-order valence-electron chi connectivity index (χ1n) is 7.95. The molecule has 9 heteroatoms. The molecule has 2 N–H and O–H groups in total. The van der Waals surface area contributed by atoms with Gasteiger partial charge in [-0.05, 0) is 36.4 Å². The van der Waals surface area contributed by atoms with Gasteiger partial charge in [-0.15, -0.1) is 0 Å². The monoisotopic (exact) mass is 373 g/mol. The lowest BCUT2D eigenvalue weighted by molar-refractivity contribution is -0.146. The van der Waals surface area contributed by atoms with E-state index in [1.807, 2.05) is 0 Å². The zero-order valence-electron chi connectivity index (χ0n) is 14.9. The lowest BCUT2D eigenvalue weighted by Crippen LogP contribution is -2.32. The average Bonchev–Trinajstić information content (AvgIpc) is 3.19. The molecule has 27 heavy (non-hydrogen) atoms. The Labute approximate surface area is 155 Å². The van der Waals surface area contributed by atoms with E-state index in [4.69, 9.17) is 9.15 Å². The lowest BCUT2D eigenvalue weighted by Gasteiger charge is -2.11. The zero-order valence-corrected chi connectivity index (χ0v) is 14.9. The molecule has 0 fully saturated rings. The molecule has 0 atom stereocenters. The fourth-order valence-electron chi connectivity index (χ4n) is 2.00. The Morgan fingerprint density at radius 3 is 2.37 bits per heavy atom. The number of furan rings is 1. The Kier molecular flexibility index (Phi) is 6.70. The van der Waals surface area contributed by atoms with Gasteiger partial charge < -0.3 is 24.7 Å². The molecular formula is C18H19N3O6. The van der Waals surface area contributed by atoms with Crippen LogP contribution in [-0.4, -0.2) is 55.8 Å². The van der Waals surface area contributed by atoms with Crippen LogP contribution in [0.2, 0.25) is 0 Å². The number of nitrogens with one attached hydrogen (secondary N) is 2. The summed E-state index contributed by atoms with van der Waals surface area (Å²) >= 11 is 0. The summed E-state index contributed by atoms with van der Waals surface area (Å²) in [5.41, 5.74) is 0.939. The van der Waals surface area contributed by atoms with Gasteiger partial charge in [-0.2, -0.15) is 0 Å². The number of anilines is 1. The summed E-state index contributed by atoms with van der Waals surface area (Å²) in [7, 11) is 3.28. The number of carbonyl (C=O) groups excluding carboxylic acids is 4. The predicted molar refractivity (Wildman–Crippen MR) is 95.1 cm³/mol. The predicted octanol–water partition coefficient (Wildman–Crippen LogP) is 0.893. The lowest BCUT2D eigenvalue weighted by atomic mass is 10.2. The van der Waals surface area contributed by atoms with Crippen LogP contribution >= 0.6 is 0 Å². The summed E-state index contributed by atoms with van der Waals surface area (Å²) in [6, 6.07) is 9.29. The third-order valence-electron chi connectivity index (χ3n) is 3.32. The molecule has 0 saturated heterocycles. The van der Waals surface area contributed by atoms with E-state index < -0.39 is 30.9 Å². The molecule has 0 aliphatic carbocycles. The number of hydrogen-bond acceptors (Lipinski definition) is 6. The SMILES string of the molecule is CN(C)C(=O)c1ccc(NC(=O)COC(=O)CNC(=O)c2ccco2)cc1. The van der Waals surface area contributed by atoms with Crippen LogP contribution in [-0.2, 0) is 14.3 Å². The van der Waals surface area contributed by atoms with Gasteiger partial charge in [-0.25, -0.2) is 0 Å². The van der Waals surface area contributed by atoms with Crippen LogP contribution in [0.25, 0.3) is 0 Å². The summed E-state index contributed by atoms with van der Waals surface area (Å²) in [4.78, 5) is 48.2. The first-order valence-corrected chi connectivity index (χ1v) is 7.95. The topological polar surface area (TPSA) is 118 Å². The molecule has 1 aromatic heterocycles. The number of hydrogen-bond donors (Lipinski definition) is 2. The molecule has 0 spiro atoms. The average molecular weight is 373 g/mol. The van der Waals surface area contributed by atoms with Crippen molar-refractivity contribution in [2.75, 3.05) is 32.6 Å². The van der Waals surface area contributed by atoms with Gasteiger partial charge in [0.05, 0.1) is 6.26 Å². The van der Waals surface area contributed by atoms with E-state index >= 15 is 0 Å². The molecule has 2 aromatic rings. The number of benzene rings is 1. The molecular weight excluding hydrogens is 354 g/mol. The number of ether oxygens (including phenoxy) is 1. The highest BCUT2D eigenvalue weighted by Gasteiger charge is 2.13. The third-order valence-corrected chi connectivity index (χ3v) is 3.32. The highest BCUT2D eigenvalue weighted by Crippen LogP contribution is 2.10. The van der Waals surface area contributed by atoms with Gasteiger partial charge in [0.15, 0.2) is 12.4 Å². The number of nitrogens with zero attached hydrogens (tertiary/aromatic N) is 1. The van der Waals surface area contributed by atoms with Gasteiger partial charge in [0.1, 0.15) is 6.54 Å². The molecule has 0 aliphatic heterocycles. The normalized spacial score (nSPS) is 10.0. The Hall–Kier alpha value is -3.62. The van der Waals surface area contributed by atoms with Crippen LogP contribution in [0.15, 0.2) is 47.1 Å². The minimum absolute atomic E-state index is 0.0664. The van der Waals surface area contributed by atoms with Crippen LogP contribution in [0.4, 0.5) is 5.69 Å². The molecule has 1 aromatic carbocycles. The smallest absolute Gasteiger partial charge is 0.325 e.